The highest BCUT2D eigenvalue weighted by atomic mass is 19.4. The van der Waals surface area contributed by atoms with Gasteiger partial charge < -0.3 is 14.6 Å². The van der Waals surface area contributed by atoms with Gasteiger partial charge >= 0.3 is 6.36 Å². The van der Waals surface area contributed by atoms with Crippen molar-refractivity contribution in [2.75, 3.05) is 13.1 Å². The Morgan fingerprint density at radius 3 is 1.81 bits per heavy atom. The van der Waals surface area contributed by atoms with E-state index in [0.717, 1.165) is 34.2 Å². The summed E-state index contributed by atoms with van der Waals surface area (Å²) in [7, 11) is 0. The van der Waals surface area contributed by atoms with E-state index in [1.165, 1.54) is 25.0 Å². The zero-order chi connectivity index (χ0) is 34.1. The van der Waals surface area contributed by atoms with E-state index in [-0.39, 0.29) is 5.75 Å². The van der Waals surface area contributed by atoms with Crippen molar-refractivity contribution in [2.45, 2.75) is 84.7 Å². The van der Waals surface area contributed by atoms with Crippen LogP contribution >= 0.6 is 0 Å². The van der Waals surface area contributed by atoms with Gasteiger partial charge in [-0.1, -0.05) is 87.9 Å². The number of hydrogen-bond acceptors (Lipinski definition) is 5. The molecule has 1 saturated carbocycles. The molecule has 2 heterocycles. The molecule has 0 amide bonds. The number of hydrogen-bond donors (Lipinski definition) is 1. The van der Waals surface area contributed by atoms with Crippen LogP contribution < -0.4 is 9.47 Å². The highest BCUT2D eigenvalue weighted by molar-refractivity contribution is 5.40. The van der Waals surface area contributed by atoms with Crippen LogP contribution in [0.3, 0.4) is 0 Å². The summed E-state index contributed by atoms with van der Waals surface area (Å²) < 4.78 is 47.9. The van der Waals surface area contributed by atoms with Gasteiger partial charge in [0.15, 0.2) is 0 Å². The Morgan fingerprint density at radius 1 is 0.787 bits per heavy atom. The number of benzene rings is 3. The topological polar surface area (TPSA) is 54.8 Å². The average molecular weight is 649 g/mol. The summed E-state index contributed by atoms with van der Waals surface area (Å²) >= 11 is 0. The quantitative estimate of drug-likeness (QED) is 0.206. The second-order valence-electron chi connectivity index (χ2n) is 12.9. The molecule has 6 rings (SSSR count). The van der Waals surface area contributed by atoms with Crippen LogP contribution in [0, 0.1) is 12.3 Å². The van der Waals surface area contributed by atoms with Gasteiger partial charge in [-0.05, 0) is 85.0 Å². The minimum Gasteiger partial charge on any atom is -0.439 e. The number of halogens is 3. The van der Waals surface area contributed by atoms with Gasteiger partial charge in [-0.15, -0.1) is 13.2 Å². The monoisotopic (exact) mass is 648 g/mol. The summed E-state index contributed by atoms with van der Waals surface area (Å²) in [6, 6.07) is 27.2. The van der Waals surface area contributed by atoms with Crippen LogP contribution in [-0.2, 0) is 6.54 Å². The van der Waals surface area contributed by atoms with Crippen molar-refractivity contribution in [3.05, 3.63) is 119 Å². The first-order valence-corrected chi connectivity index (χ1v) is 16.4. The van der Waals surface area contributed by atoms with E-state index in [9.17, 15) is 18.3 Å². The molecule has 3 aromatic carbocycles. The van der Waals surface area contributed by atoms with Crippen molar-refractivity contribution in [3.63, 3.8) is 0 Å². The first-order chi connectivity index (χ1) is 22.4. The van der Waals surface area contributed by atoms with E-state index in [1.54, 1.807) is 24.4 Å². The van der Waals surface area contributed by atoms with E-state index < -0.39 is 17.9 Å². The summed E-state index contributed by atoms with van der Waals surface area (Å²) in [6.45, 7) is 12.7. The van der Waals surface area contributed by atoms with Crippen LogP contribution in [0.4, 0.5) is 13.2 Å². The fourth-order valence-corrected chi connectivity index (χ4v) is 5.52. The third-order valence-corrected chi connectivity index (χ3v) is 8.56. The standard InChI is InChI=1S/C32H31F3N2O3.C5H10.C2H6/c1-23-5-9-25(10-6-23)30(26-11-15-28(16-12-26)40-32(33,34)35)31(38)17-20-37(21-18-31)22-24-7-13-27(14-8-24)39-29-4-2-3-19-36-29;1-5(2)3-4-5;1-2/h2-16,19,30,38H,17-18,20-22H2,1H3;3-4H2,1-2H3;1-2H3. The number of alkyl halides is 3. The Hall–Kier alpha value is -3.88. The number of aromatic nitrogens is 1. The SMILES string of the molecule is CC.CC1(C)CC1.Cc1ccc(C(c2ccc(OC(F)(F)F)cc2)C2(O)CCN(Cc3ccc(Oc4ccccn4)cc3)CC2)cc1. The summed E-state index contributed by atoms with van der Waals surface area (Å²) in [5, 5.41) is 12.0. The maximum Gasteiger partial charge on any atom is 0.573 e. The van der Waals surface area contributed by atoms with Crippen LogP contribution in [0.25, 0.3) is 0 Å². The molecule has 0 spiro atoms. The zero-order valence-electron chi connectivity index (χ0n) is 28.1. The van der Waals surface area contributed by atoms with Crippen molar-refractivity contribution in [1.29, 1.82) is 0 Å². The number of aliphatic hydroxyl groups is 1. The molecule has 2 aliphatic rings. The largest absolute Gasteiger partial charge is 0.573 e. The minimum atomic E-state index is -4.75. The van der Waals surface area contributed by atoms with Crippen LogP contribution in [0.15, 0.2) is 97.2 Å². The molecule has 5 nitrogen and oxygen atoms in total. The normalized spacial score (nSPS) is 17.2. The van der Waals surface area contributed by atoms with Gasteiger partial charge in [0.05, 0.1) is 5.60 Å². The molecule has 1 saturated heterocycles. The molecule has 8 heteroatoms. The Labute approximate surface area is 277 Å². The zero-order valence-corrected chi connectivity index (χ0v) is 28.1. The van der Waals surface area contributed by atoms with Crippen LogP contribution in [0.5, 0.6) is 17.4 Å². The molecular formula is C39H47F3N2O3. The number of likely N-dealkylation sites (tertiary alicyclic amines) is 1. The second kappa shape index (κ2) is 15.8. The Bertz CT molecular complexity index is 1490. The molecule has 47 heavy (non-hydrogen) atoms. The second-order valence-corrected chi connectivity index (χ2v) is 12.9. The maximum absolute atomic E-state index is 12.7. The van der Waals surface area contributed by atoms with E-state index in [1.807, 2.05) is 81.4 Å². The summed E-state index contributed by atoms with van der Waals surface area (Å²) in [4.78, 5) is 6.48. The van der Waals surface area contributed by atoms with E-state index >= 15 is 0 Å². The molecule has 1 unspecified atom stereocenters. The first-order valence-electron chi connectivity index (χ1n) is 16.4. The molecule has 2 fully saturated rings. The molecule has 4 aromatic rings. The van der Waals surface area contributed by atoms with E-state index in [2.05, 4.69) is 28.5 Å². The summed E-state index contributed by atoms with van der Waals surface area (Å²) in [5.74, 6) is 0.578. The third kappa shape index (κ3) is 11.1. The molecule has 1 N–H and O–H groups in total. The number of rotatable bonds is 8. The lowest BCUT2D eigenvalue weighted by Crippen LogP contribution is -2.48. The maximum atomic E-state index is 12.7. The summed E-state index contributed by atoms with van der Waals surface area (Å²) in [5.41, 5.74) is 3.59. The molecule has 0 radical (unpaired) electrons. The van der Waals surface area contributed by atoms with Crippen LogP contribution in [0.2, 0.25) is 0 Å². The van der Waals surface area contributed by atoms with Crippen molar-refractivity contribution < 1.29 is 27.8 Å². The molecule has 1 aliphatic heterocycles. The summed E-state index contributed by atoms with van der Waals surface area (Å²) in [6.07, 6.45) is 0.873. The number of aryl methyl sites for hydroxylation is 1. The number of ether oxygens (including phenoxy) is 2. The predicted octanol–water partition coefficient (Wildman–Crippen LogP) is 10.1. The van der Waals surface area contributed by atoms with E-state index in [0.29, 0.717) is 37.6 Å². The van der Waals surface area contributed by atoms with Crippen LogP contribution in [-0.4, -0.2) is 40.0 Å². The molecule has 252 valence electrons. The fraction of sp³-hybridized carbons (Fsp3) is 0.410. The number of nitrogens with zero attached hydrogens (tertiary/aromatic N) is 2. The number of pyridine rings is 1. The molecule has 1 aliphatic carbocycles. The van der Waals surface area contributed by atoms with Gasteiger partial charge in [0.1, 0.15) is 11.5 Å². The minimum absolute atomic E-state index is 0.280. The highest BCUT2D eigenvalue weighted by Gasteiger charge is 2.41. The lowest BCUT2D eigenvalue weighted by Gasteiger charge is -2.43. The van der Waals surface area contributed by atoms with Gasteiger partial charge in [-0.25, -0.2) is 4.98 Å². The van der Waals surface area contributed by atoms with Crippen molar-refractivity contribution in [3.8, 4) is 17.4 Å². The smallest absolute Gasteiger partial charge is 0.439 e. The Kier molecular flexibility index (Phi) is 12.1. The lowest BCUT2D eigenvalue weighted by molar-refractivity contribution is -0.274. The molecule has 1 atom stereocenters. The molecular weight excluding hydrogens is 601 g/mol. The van der Waals surface area contributed by atoms with Crippen molar-refractivity contribution >= 4 is 0 Å². The van der Waals surface area contributed by atoms with Gasteiger partial charge in [-0.3, -0.25) is 4.90 Å². The van der Waals surface area contributed by atoms with E-state index in [4.69, 9.17) is 4.74 Å². The van der Waals surface area contributed by atoms with Gasteiger partial charge in [0.25, 0.3) is 0 Å². The Morgan fingerprint density at radius 2 is 1.32 bits per heavy atom. The van der Waals surface area contributed by atoms with Gasteiger partial charge in [-0.2, -0.15) is 0 Å². The van der Waals surface area contributed by atoms with Crippen molar-refractivity contribution in [1.82, 2.24) is 9.88 Å². The average Bonchev–Trinajstić information content (AvgIpc) is 3.76. The number of piperidine rings is 1. The fourth-order valence-electron chi connectivity index (χ4n) is 5.52. The van der Waals surface area contributed by atoms with Crippen molar-refractivity contribution in [2.24, 2.45) is 5.41 Å². The van der Waals surface area contributed by atoms with Gasteiger partial charge in [0, 0.05) is 37.8 Å². The molecule has 0 bridgehead atoms. The lowest BCUT2D eigenvalue weighted by atomic mass is 9.72. The van der Waals surface area contributed by atoms with Crippen LogP contribution in [0.1, 0.15) is 81.5 Å². The highest BCUT2D eigenvalue weighted by Crippen LogP contribution is 2.44. The first kappa shape index (κ1) is 36.0. The predicted molar refractivity (Wildman–Crippen MR) is 181 cm³/mol. The third-order valence-electron chi connectivity index (χ3n) is 8.56. The molecule has 1 aromatic heterocycles. The Balaban J connectivity index is 0.000000643. The van der Waals surface area contributed by atoms with Gasteiger partial charge in [0.2, 0.25) is 5.88 Å².